The second-order valence-electron chi connectivity index (χ2n) is 6.43. The van der Waals surface area contributed by atoms with Gasteiger partial charge in [-0.15, -0.1) is 12.4 Å². The molecule has 3 aliphatic rings. The number of hydrogen-bond acceptors (Lipinski definition) is 4. The summed E-state index contributed by atoms with van der Waals surface area (Å²) >= 11 is 0. The van der Waals surface area contributed by atoms with E-state index in [1.165, 1.54) is 11.1 Å². The van der Waals surface area contributed by atoms with Gasteiger partial charge in [0.2, 0.25) is 0 Å². The molecule has 0 saturated carbocycles. The summed E-state index contributed by atoms with van der Waals surface area (Å²) in [5.74, 6) is 1.68. The predicted octanol–water partition coefficient (Wildman–Crippen LogP) is 2.27. The van der Waals surface area contributed by atoms with Crippen molar-refractivity contribution in [1.29, 1.82) is 0 Å². The number of aliphatic hydroxyl groups excluding tert-OH is 1. The third-order valence-corrected chi connectivity index (χ3v) is 5.15. The molecule has 0 aromatic heterocycles. The lowest BCUT2D eigenvalue weighted by atomic mass is 9.69. The summed E-state index contributed by atoms with van der Waals surface area (Å²) in [5.41, 5.74) is 2.48. The summed E-state index contributed by atoms with van der Waals surface area (Å²) in [4.78, 5) is 2.35. The maximum Gasteiger partial charge on any atom is 0.166 e. The molecule has 0 radical (unpaired) electrons. The maximum atomic E-state index is 9.97. The molecule has 1 aliphatic carbocycles. The minimum Gasteiger partial charge on any atom is -0.493 e. The van der Waals surface area contributed by atoms with Gasteiger partial charge >= 0.3 is 0 Å². The molecule has 0 fully saturated rings. The minimum atomic E-state index is -0.412. The first-order valence-corrected chi connectivity index (χ1v) is 7.57. The number of halogens is 1. The van der Waals surface area contributed by atoms with E-state index in [2.05, 4.69) is 24.1 Å². The molecule has 4 nitrogen and oxygen atoms in total. The molecule has 0 unspecified atom stereocenters. The molecule has 3 atom stereocenters. The van der Waals surface area contributed by atoms with Crippen molar-refractivity contribution in [3.63, 3.8) is 0 Å². The van der Waals surface area contributed by atoms with E-state index in [-0.39, 0.29) is 23.9 Å². The first kappa shape index (κ1) is 15.7. The van der Waals surface area contributed by atoms with Crippen molar-refractivity contribution >= 4 is 12.4 Å². The lowest BCUT2D eigenvalue weighted by Gasteiger charge is -2.35. The molecule has 1 spiro atoms. The van der Waals surface area contributed by atoms with Crippen LogP contribution < -0.4 is 9.47 Å². The van der Waals surface area contributed by atoms with Crippen molar-refractivity contribution in [2.75, 3.05) is 20.7 Å². The smallest absolute Gasteiger partial charge is 0.166 e. The molecule has 1 N–H and O–H groups in total. The van der Waals surface area contributed by atoms with Crippen LogP contribution in [0.3, 0.4) is 0 Å². The molecule has 0 bridgehead atoms. The standard InChI is InChI=1S/C17H21NO3.ClH/c1-18-8-7-17-6-5-12(19)9-14(17)21-16-13(20-2)4-3-11(10-18)15(16)17;/h3-6,12,14,19H,7-10H2,1-2H3;1H/t12-,14-,17-;/m0./s1. The number of aliphatic hydroxyl groups is 1. The van der Waals surface area contributed by atoms with Crippen molar-refractivity contribution in [3.05, 3.63) is 35.4 Å². The van der Waals surface area contributed by atoms with Crippen LogP contribution in [0.15, 0.2) is 24.3 Å². The van der Waals surface area contributed by atoms with Gasteiger partial charge in [0.15, 0.2) is 11.5 Å². The summed E-state index contributed by atoms with van der Waals surface area (Å²) in [6, 6.07) is 4.16. The highest BCUT2D eigenvalue weighted by molar-refractivity contribution is 5.85. The van der Waals surface area contributed by atoms with E-state index in [0.29, 0.717) is 6.42 Å². The predicted molar refractivity (Wildman–Crippen MR) is 87.1 cm³/mol. The third-order valence-electron chi connectivity index (χ3n) is 5.15. The van der Waals surface area contributed by atoms with E-state index in [4.69, 9.17) is 9.47 Å². The molecule has 0 saturated heterocycles. The van der Waals surface area contributed by atoms with Crippen molar-refractivity contribution in [2.24, 2.45) is 0 Å². The van der Waals surface area contributed by atoms with Crippen LogP contribution in [0.25, 0.3) is 0 Å². The molecular formula is C17H22ClNO3. The van der Waals surface area contributed by atoms with Crippen LogP contribution in [-0.2, 0) is 12.0 Å². The molecule has 5 heteroatoms. The Hall–Kier alpha value is -1.23. The van der Waals surface area contributed by atoms with Crippen LogP contribution in [-0.4, -0.2) is 42.9 Å². The number of ether oxygens (including phenoxy) is 2. The van der Waals surface area contributed by atoms with E-state index >= 15 is 0 Å². The number of rotatable bonds is 1. The Morgan fingerprint density at radius 3 is 3.00 bits per heavy atom. The van der Waals surface area contributed by atoms with E-state index in [1.54, 1.807) is 7.11 Å². The SMILES string of the molecule is COc1ccc2c3c1O[C@H]1C[C@@H](O)C=C[C@@]31CCN(C)C2.Cl. The van der Waals surface area contributed by atoms with Crippen LogP contribution >= 0.6 is 12.4 Å². The van der Waals surface area contributed by atoms with Crippen molar-refractivity contribution in [1.82, 2.24) is 4.90 Å². The Morgan fingerprint density at radius 1 is 1.41 bits per heavy atom. The van der Waals surface area contributed by atoms with Crippen molar-refractivity contribution < 1.29 is 14.6 Å². The van der Waals surface area contributed by atoms with E-state index in [9.17, 15) is 5.11 Å². The first-order valence-electron chi connectivity index (χ1n) is 7.57. The average Bonchev–Trinajstić information content (AvgIpc) is 2.72. The summed E-state index contributed by atoms with van der Waals surface area (Å²) in [6.45, 7) is 1.96. The maximum absolute atomic E-state index is 9.97. The van der Waals surface area contributed by atoms with Gasteiger partial charge in [-0.1, -0.05) is 18.2 Å². The Labute approximate surface area is 137 Å². The zero-order valence-corrected chi connectivity index (χ0v) is 13.7. The first-order chi connectivity index (χ1) is 10.1. The zero-order chi connectivity index (χ0) is 14.6. The van der Waals surface area contributed by atoms with Gasteiger partial charge in [-0.2, -0.15) is 0 Å². The summed E-state index contributed by atoms with van der Waals surface area (Å²) in [5, 5.41) is 9.97. The fraction of sp³-hybridized carbons (Fsp3) is 0.529. The average molecular weight is 324 g/mol. The lowest BCUT2D eigenvalue weighted by molar-refractivity contribution is 0.0821. The monoisotopic (exact) mass is 323 g/mol. The van der Waals surface area contributed by atoms with Crippen LogP contribution in [0.2, 0.25) is 0 Å². The molecule has 22 heavy (non-hydrogen) atoms. The lowest BCUT2D eigenvalue weighted by Crippen LogP contribution is -2.42. The highest BCUT2D eigenvalue weighted by Crippen LogP contribution is 2.55. The Bertz CT molecular complexity index is 618. The summed E-state index contributed by atoms with van der Waals surface area (Å²) in [7, 11) is 3.84. The molecule has 4 rings (SSSR count). The summed E-state index contributed by atoms with van der Waals surface area (Å²) < 4.78 is 11.8. The molecule has 1 aromatic carbocycles. The second-order valence-corrected chi connectivity index (χ2v) is 6.43. The number of methoxy groups -OCH3 is 1. The van der Waals surface area contributed by atoms with Gasteiger partial charge < -0.3 is 19.5 Å². The van der Waals surface area contributed by atoms with Gasteiger partial charge in [-0.3, -0.25) is 0 Å². The van der Waals surface area contributed by atoms with Crippen molar-refractivity contribution in [2.45, 2.75) is 37.0 Å². The third kappa shape index (κ3) is 2.05. The van der Waals surface area contributed by atoms with Gasteiger partial charge in [0.05, 0.1) is 18.6 Å². The summed E-state index contributed by atoms with van der Waals surface area (Å²) in [6.07, 6.45) is 5.38. The second kappa shape index (κ2) is 5.44. The van der Waals surface area contributed by atoms with Crippen LogP contribution in [0.1, 0.15) is 24.0 Å². The van der Waals surface area contributed by atoms with E-state index in [0.717, 1.165) is 31.0 Å². The molecule has 0 amide bonds. The van der Waals surface area contributed by atoms with E-state index < -0.39 is 6.10 Å². The molecule has 1 aromatic rings. The van der Waals surface area contributed by atoms with Crippen LogP contribution in [0.5, 0.6) is 11.5 Å². The van der Waals surface area contributed by atoms with Gasteiger partial charge in [-0.25, -0.2) is 0 Å². The van der Waals surface area contributed by atoms with Gasteiger partial charge in [0.1, 0.15) is 6.10 Å². The largest absolute Gasteiger partial charge is 0.493 e. The van der Waals surface area contributed by atoms with Gasteiger partial charge in [0, 0.05) is 18.5 Å². The number of benzene rings is 1. The quantitative estimate of drug-likeness (QED) is 0.805. The minimum absolute atomic E-state index is 0. The highest BCUT2D eigenvalue weighted by atomic mass is 35.5. The topological polar surface area (TPSA) is 41.9 Å². The Balaban J connectivity index is 0.00000144. The highest BCUT2D eigenvalue weighted by Gasteiger charge is 2.52. The van der Waals surface area contributed by atoms with Crippen LogP contribution in [0, 0.1) is 0 Å². The van der Waals surface area contributed by atoms with Gasteiger partial charge in [0.25, 0.3) is 0 Å². The Kier molecular flexibility index (Phi) is 3.87. The van der Waals surface area contributed by atoms with Crippen LogP contribution in [0.4, 0.5) is 0 Å². The molecule has 2 aliphatic heterocycles. The Morgan fingerprint density at radius 2 is 2.23 bits per heavy atom. The molecule has 120 valence electrons. The fourth-order valence-corrected chi connectivity index (χ4v) is 4.08. The molecular weight excluding hydrogens is 302 g/mol. The zero-order valence-electron chi connectivity index (χ0n) is 12.9. The van der Waals surface area contributed by atoms with Gasteiger partial charge in [-0.05, 0) is 31.6 Å². The number of nitrogens with zero attached hydrogens (tertiary/aromatic N) is 1. The molecule has 2 heterocycles. The van der Waals surface area contributed by atoms with E-state index in [1.807, 2.05) is 12.1 Å². The fourth-order valence-electron chi connectivity index (χ4n) is 4.08. The van der Waals surface area contributed by atoms with Crippen molar-refractivity contribution in [3.8, 4) is 11.5 Å². The number of hydrogen-bond donors (Lipinski definition) is 1. The normalized spacial score (nSPS) is 32.3.